The molecule has 4 aromatic rings. The van der Waals surface area contributed by atoms with E-state index in [4.69, 9.17) is 4.98 Å². The first-order chi connectivity index (χ1) is 16.5. The summed E-state index contributed by atoms with van der Waals surface area (Å²) in [5.74, 6) is 1.23. The molecule has 0 radical (unpaired) electrons. The number of nitrogens with zero attached hydrogens (tertiary/aromatic N) is 6. The van der Waals surface area contributed by atoms with Crippen LogP contribution in [0.15, 0.2) is 54.9 Å². The van der Waals surface area contributed by atoms with Gasteiger partial charge < -0.3 is 9.80 Å². The van der Waals surface area contributed by atoms with Gasteiger partial charge in [0.1, 0.15) is 11.5 Å². The first-order valence-electron chi connectivity index (χ1n) is 11.6. The second-order valence-electron chi connectivity index (χ2n) is 9.29. The van der Waals surface area contributed by atoms with Crippen LogP contribution in [0.3, 0.4) is 0 Å². The lowest BCUT2D eigenvalue weighted by Gasteiger charge is -2.24. The fraction of sp³-hybridized carbons (Fsp3) is 0.308. The number of para-hydroxylation sites is 1. The van der Waals surface area contributed by atoms with Crippen molar-refractivity contribution in [3.63, 3.8) is 0 Å². The summed E-state index contributed by atoms with van der Waals surface area (Å²) in [5.41, 5.74) is 3.26. The summed E-state index contributed by atoms with van der Waals surface area (Å²) in [4.78, 5) is 31.4. The van der Waals surface area contributed by atoms with Crippen LogP contribution in [0.5, 0.6) is 0 Å². The minimum absolute atomic E-state index is 0.131. The quantitative estimate of drug-likeness (QED) is 0.450. The van der Waals surface area contributed by atoms with E-state index in [0.29, 0.717) is 30.6 Å². The van der Waals surface area contributed by atoms with Gasteiger partial charge in [-0.15, -0.1) is 0 Å². The van der Waals surface area contributed by atoms with Gasteiger partial charge in [-0.2, -0.15) is 0 Å². The van der Waals surface area contributed by atoms with E-state index in [2.05, 4.69) is 14.9 Å². The number of fused-ring (bicyclic) bond motifs is 2. The molecule has 8 heteroatoms. The van der Waals surface area contributed by atoms with E-state index in [1.807, 2.05) is 49.1 Å². The molecule has 0 bridgehead atoms. The number of likely N-dealkylation sites (tertiary alicyclic amines) is 1. The number of hydrogen-bond donors (Lipinski definition) is 0. The van der Waals surface area contributed by atoms with Crippen molar-refractivity contribution in [1.29, 1.82) is 0 Å². The van der Waals surface area contributed by atoms with Crippen LogP contribution >= 0.6 is 0 Å². The Kier molecular flexibility index (Phi) is 4.83. The highest BCUT2D eigenvalue weighted by Gasteiger charge is 2.43. The van der Waals surface area contributed by atoms with Gasteiger partial charge in [-0.25, -0.2) is 14.2 Å². The highest BCUT2D eigenvalue weighted by Crippen LogP contribution is 2.36. The average molecular weight is 457 g/mol. The van der Waals surface area contributed by atoms with Gasteiger partial charge in [0.2, 0.25) is 0 Å². The number of benzene rings is 1. The Labute approximate surface area is 196 Å². The van der Waals surface area contributed by atoms with Crippen molar-refractivity contribution in [2.75, 3.05) is 31.1 Å². The molecule has 5 heterocycles. The largest absolute Gasteiger partial charge is 0.354 e. The number of amides is 1. The highest BCUT2D eigenvalue weighted by molar-refractivity contribution is 5.97. The van der Waals surface area contributed by atoms with Crippen LogP contribution in [0.4, 0.5) is 15.0 Å². The Bertz CT molecular complexity index is 1400. The molecule has 3 aromatic heterocycles. The summed E-state index contributed by atoms with van der Waals surface area (Å²) in [5, 5.41) is 0.884. The van der Waals surface area contributed by atoms with Gasteiger partial charge in [-0.3, -0.25) is 14.5 Å². The second kappa shape index (κ2) is 7.90. The number of pyridine rings is 1. The van der Waals surface area contributed by atoms with Gasteiger partial charge in [0, 0.05) is 55.8 Å². The molecule has 2 fully saturated rings. The summed E-state index contributed by atoms with van der Waals surface area (Å²) in [6, 6.07) is 12.3. The molecule has 7 nitrogen and oxygen atoms in total. The maximum atomic E-state index is 14.7. The van der Waals surface area contributed by atoms with Crippen LogP contribution in [-0.2, 0) is 0 Å². The van der Waals surface area contributed by atoms with Crippen LogP contribution in [0.25, 0.3) is 22.3 Å². The lowest BCUT2D eigenvalue weighted by molar-refractivity contribution is 0.209. The Morgan fingerprint density at radius 1 is 1.00 bits per heavy atom. The monoisotopic (exact) mass is 456 g/mol. The number of aryl methyl sites for hydroxylation is 2. The number of hydrogen-bond acceptors (Lipinski definition) is 5. The van der Waals surface area contributed by atoms with E-state index in [-0.39, 0.29) is 11.7 Å². The summed E-state index contributed by atoms with van der Waals surface area (Å²) in [7, 11) is 0. The van der Waals surface area contributed by atoms with E-state index in [9.17, 15) is 9.18 Å². The molecule has 0 N–H and O–H groups in total. The zero-order valence-corrected chi connectivity index (χ0v) is 19.1. The van der Waals surface area contributed by atoms with E-state index in [0.717, 1.165) is 41.2 Å². The van der Waals surface area contributed by atoms with Crippen molar-refractivity contribution in [1.82, 2.24) is 24.4 Å². The second-order valence-corrected chi connectivity index (χ2v) is 9.29. The van der Waals surface area contributed by atoms with Gasteiger partial charge in [0.05, 0.1) is 22.6 Å². The lowest BCUT2D eigenvalue weighted by Crippen LogP contribution is -2.36. The smallest absolute Gasteiger partial charge is 0.329 e. The molecule has 2 atom stereocenters. The molecule has 0 aliphatic carbocycles. The third-order valence-electron chi connectivity index (χ3n) is 7.01. The topological polar surface area (TPSA) is 67.2 Å². The number of carbonyl (C=O) groups excluding carboxylic acids is 1. The van der Waals surface area contributed by atoms with Crippen molar-refractivity contribution >= 4 is 22.8 Å². The van der Waals surface area contributed by atoms with Crippen molar-refractivity contribution in [3.05, 3.63) is 72.1 Å². The Morgan fingerprint density at radius 3 is 2.53 bits per heavy atom. The maximum absolute atomic E-state index is 14.7. The standard InChI is InChI=1S/C26H25FN6O/c1-16-11-29-17(2)25(30-16)31-12-19-14-32(15-20(19)13-31)26(34)33-22-8-4-3-6-18(22)10-23(33)24-21(27)7-5-9-28-24/h3-11,19-20H,12-15H2,1-2H3/t19-,20+. The predicted octanol–water partition coefficient (Wildman–Crippen LogP) is 4.29. The lowest BCUT2D eigenvalue weighted by atomic mass is 10.0. The van der Waals surface area contributed by atoms with Crippen molar-refractivity contribution < 1.29 is 9.18 Å². The molecule has 34 heavy (non-hydrogen) atoms. The molecule has 6 rings (SSSR count). The molecule has 2 saturated heterocycles. The van der Waals surface area contributed by atoms with Crippen LogP contribution in [0, 0.1) is 31.5 Å². The van der Waals surface area contributed by atoms with E-state index in [1.54, 1.807) is 23.0 Å². The molecule has 1 aromatic carbocycles. The van der Waals surface area contributed by atoms with E-state index < -0.39 is 5.82 Å². The number of anilines is 1. The SMILES string of the molecule is Cc1cnc(C)c(N2C[C@H]3CN(C(=O)n4c(-c5ncccc5F)cc5ccccc54)C[C@H]3C2)n1. The van der Waals surface area contributed by atoms with Gasteiger partial charge in [-0.05, 0) is 38.1 Å². The Hall–Kier alpha value is -3.81. The fourth-order valence-corrected chi connectivity index (χ4v) is 5.40. The highest BCUT2D eigenvalue weighted by atomic mass is 19.1. The first kappa shape index (κ1) is 20.8. The number of rotatable bonds is 2. The van der Waals surface area contributed by atoms with E-state index >= 15 is 0 Å². The van der Waals surface area contributed by atoms with Crippen LogP contribution in [0.2, 0.25) is 0 Å². The van der Waals surface area contributed by atoms with Gasteiger partial charge in [-0.1, -0.05) is 18.2 Å². The number of halogens is 1. The van der Waals surface area contributed by atoms with E-state index in [1.165, 1.54) is 6.07 Å². The molecule has 2 aliphatic heterocycles. The molecular weight excluding hydrogens is 431 g/mol. The first-order valence-corrected chi connectivity index (χ1v) is 11.6. The summed E-state index contributed by atoms with van der Waals surface area (Å²) >= 11 is 0. The number of carbonyl (C=O) groups is 1. The molecule has 0 unspecified atom stereocenters. The van der Waals surface area contributed by atoms with Gasteiger partial charge >= 0.3 is 6.03 Å². The minimum Gasteiger partial charge on any atom is -0.354 e. The molecule has 0 saturated carbocycles. The zero-order valence-electron chi connectivity index (χ0n) is 19.1. The summed E-state index contributed by atoms with van der Waals surface area (Å²) < 4.78 is 16.3. The van der Waals surface area contributed by atoms with Crippen LogP contribution in [0.1, 0.15) is 11.4 Å². The third kappa shape index (κ3) is 3.32. The van der Waals surface area contributed by atoms with Crippen molar-refractivity contribution in [2.45, 2.75) is 13.8 Å². The molecule has 2 aliphatic rings. The van der Waals surface area contributed by atoms with Crippen LogP contribution < -0.4 is 4.90 Å². The Morgan fingerprint density at radius 2 is 1.76 bits per heavy atom. The van der Waals surface area contributed by atoms with Crippen LogP contribution in [-0.4, -0.2) is 56.6 Å². The summed E-state index contributed by atoms with van der Waals surface area (Å²) in [6.45, 7) is 6.96. The fourth-order valence-electron chi connectivity index (χ4n) is 5.40. The molecular formula is C26H25FN6O. The predicted molar refractivity (Wildman–Crippen MR) is 128 cm³/mol. The molecule has 1 amide bonds. The maximum Gasteiger partial charge on any atom is 0.329 e. The van der Waals surface area contributed by atoms with Crippen molar-refractivity contribution in [2.24, 2.45) is 11.8 Å². The zero-order chi connectivity index (χ0) is 23.4. The average Bonchev–Trinajstić information content (AvgIpc) is 3.52. The van der Waals surface area contributed by atoms with Gasteiger partial charge in [0.25, 0.3) is 0 Å². The molecule has 172 valence electrons. The van der Waals surface area contributed by atoms with Gasteiger partial charge in [0.15, 0.2) is 5.82 Å². The normalized spacial score (nSPS) is 19.7. The minimum atomic E-state index is -0.442. The third-order valence-corrected chi connectivity index (χ3v) is 7.01. The number of aromatic nitrogens is 4. The Balaban J connectivity index is 1.30. The molecule has 0 spiro atoms. The van der Waals surface area contributed by atoms with Crippen molar-refractivity contribution in [3.8, 4) is 11.4 Å². The summed E-state index contributed by atoms with van der Waals surface area (Å²) in [6.07, 6.45) is 3.34.